The molecule has 1 fully saturated rings. The number of amides is 3. The Bertz CT molecular complexity index is 1270. The van der Waals surface area contributed by atoms with Crippen LogP contribution in [0.15, 0.2) is 66.9 Å². The van der Waals surface area contributed by atoms with Crippen molar-refractivity contribution in [2.75, 3.05) is 17.7 Å². The van der Waals surface area contributed by atoms with E-state index in [2.05, 4.69) is 20.9 Å². The predicted molar refractivity (Wildman–Crippen MR) is 138 cm³/mol. The quantitative estimate of drug-likeness (QED) is 0.386. The number of anilines is 2. The Morgan fingerprint density at radius 1 is 0.838 bits per heavy atom. The van der Waals surface area contributed by atoms with E-state index in [1.165, 1.54) is 43.6 Å². The molecule has 0 saturated heterocycles. The molecule has 3 aromatic rings. The molecule has 2 atom stereocenters. The van der Waals surface area contributed by atoms with E-state index in [0.29, 0.717) is 35.7 Å². The molecule has 192 valence electrons. The first-order chi connectivity index (χ1) is 17.9. The van der Waals surface area contributed by atoms with Gasteiger partial charge in [-0.25, -0.2) is 4.39 Å². The van der Waals surface area contributed by atoms with E-state index in [-0.39, 0.29) is 29.2 Å². The number of hydrogen-bond acceptors (Lipinski definition) is 5. The molecule has 9 heteroatoms. The van der Waals surface area contributed by atoms with Crippen LogP contribution in [-0.4, -0.2) is 29.8 Å². The molecule has 37 heavy (non-hydrogen) atoms. The molecule has 1 aliphatic rings. The lowest BCUT2D eigenvalue weighted by molar-refractivity contribution is -0.129. The van der Waals surface area contributed by atoms with Crippen molar-refractivity contribution in [3.8, 4) is 11.5 Å². The van der Waals surface area contributed by atoms with E-state index in [9.17, 15) is 18.8 Å². The van der Waals surface area contributed by atoms with Crippen molar-refractivity contribution in [3.05, 3.63) is 78.4 Å². The van der Waals surface area contributed by atoms with Crippen LogP contribution in [-0.2, 0) is 9.59 Å². The number of benzene rings is 2. The third-order valence-corrected chi connectivity index (χ3v) is 6.33. The lowest BCUT2D eigenvalue weighted by atomic mass is 9.86. The molecule has 1 heterocycles. The molecule has 4 rings (SSSR count). The van der Waals surface area contributed by atoms with E-state index in [4.69, 9.17) is 4.74 Å². The van der Waals surface area contributed by atoms with Crippen LogP contribution >= 0.6 is 0 Å². The fraction of sp³-hybridized carbons (Fsp3) is 0.286. The normalized spacial score (nSPS) is 17.2. The van der Waals surface area contributed by atoms with Crippen LogP contribution in [0.1, 0.15) is 42.6 Å². The largest absolute Gasteiger partial charge is 0.457 e. The molecule has 3 N–H and O–H groups in total. The second-order valence-electron chi connectivity index (χ2n) is 8.92. The zero-order valence-electron chi connectivity index (χ0n) is 20.5. The molecule has 1 saturated carbocycles. The lowest BCUT2D eigenvalue weighted by Crippen LogP contribution is -2.36. The molecule has 0 spiro atoms. The van der Waals surface area contributed by atoms with Gasteiger partial charge in [-0.15, -0.1) is 0 Å². The van der Waals surface area contributed by atoms with Gasteiger partial charge >= 0.3 is 0 Å². The van der Waals surface area contributed by atoms with Crippen LogP contribution < -0.4 is 20.7 Å². The summed E-state index contributed by atoms with van der Waals surface area (Å²) in [7, 11) is 1.52. The number of nitrogens with one attached hydrogen (secondary N) is 3. The monoisotopic (exact) mass is 504 g/mol. The zero-order valence-corrected chi connectivity index (χ0v) is 20.5. The van der Waals surface area contributed by atoms with Crippen molar-refractivity contribution in [3.63, 3.8) is 0 Å². The van der Waals surface area contributed by atoms with E-state index >= 15 is 0 Å². The number of ether oxygens (including phenoxy) is 1. The van der Waals surface area contributed by atoms with Crippen molar-refractivity contribution >= 4 is 29.1 Å². The third-order valence-electron chi connectivity index (χ3n) is 6.33. The summed E-state index contributed by atoms with van der Waals surface area (Å²) in [6, 6.07) is 15.7. The molecule has 1 aromatic heterocycles. The second-order valence-corrected chi connectivity index (χ2v) is 8.92. The van der Waals surface area contributed by atoms with E-state index in [1.807, 2.05) is 0 Å². The summed E-state index contributed by atoms with van der Waals surface area (Å²) in [5.41, 5.74) is 1.25. The van der Waals surface area contributed by atoms with Gasteiger partial charge in [0, 0.05) is 48.6 Å². The van der Waals surface area contributed by atoms with E-state index < -0.39 is 11.8 Å². The summed E-state index contributed by atoms with van der Waals surface area (Å²) < 4.78 is 19.1. The smallest absolute Gasteiger partial charge is 0.269 e. The summed E-state index contributed by atoms with van der Waals surface area (Å²) in [5.74, 6) is -1.27. The number of pyridine rings is 1. The first-order valence-electron chi connectivity index (χ1n) is 12.3. The highest BCUT2D eigenvalue weighted by Gasteiger charge is 2.34. The van der Waals surface area contributed by atoms with Gasteiger partial charge in [0.1, 0.15) is 23.0 Å². The summed E-state index contributed by atoms with van der Waals surface area (Å²) in [6.07, 6.45) is 5.36. The number of nitrogens with zero attached hydrogens (tertiary/aromatic N) is 1. The Morgan fingerprint density at radius 3 is 2.16 bits per heavy atom. The molecule has 0 radical (unpaired) electrons. The molecule has 3 amide bonds. The Labute approximate surface area is 214 Å². The van der Waals surface area contributed by atoms with E-state index in [0.717, 1.165) is 19.3 Å². The van der Waals surface area contributed by atoms with Gasteiger partial charge in [-0.2, -0.15) is 0 Å². The van der Waals surface area contributed by atoms with Gasteiger partial charge in [0.15, 0.2) is 0 Å². The standard InChI is InChI=1S/C28H29FN4O4/c1-30-28(36)25-17-22(14-15-31-25)37-21-7-5-6-20(16-21)33-27(35)24-9-4-2-3-8-23(24)26(34)32-19-12-10-18(29)11-13-19/h5-7,10-17,23-24H,2-4,8-9H2,1H3,(H,30,36)(H,32,34)(H,33,35). The van der Waals surface area contributed by atoms with E-state index in [1.54, 1.807) is 30.3 Å². The lowest BCUT2D eigenvalue weighted by Gasteiger charge is -2.24. The maximum absolute atomic E-state index is 13.3. The first-order valence-corrected chi connectivity index (χ1v) is 12.3. The molecule has 2 aromatic carbocycles. The minimum Gasteiger partial charge on any atom is -0.457 e. The van der Waals surface area contributed by atoms with Crippen molar-refractivity contribution in [2.45, 2.75) is 32.1 Å². The highest BCUT2D eigenvalue weighted by molar-refractivity contribution is 5.99. The maximum Gasteiger partial charge on any atom is 0.269 e. The maximum atomic E-state index is 13.3. The molecule has 0 aliphatic heterocycles. The molecular formula is C28H29FN4O4. The SMILES string of the molecule is CNC(=O)c1cc(Oc2cccc(NC(=O)C3CCCCCC3C(=O)Nc3ccc(F)cc3)c2)ccn1. The van der Waals surface area contributed by atoms with Crippen molar-refractivity contribution in [1.29, 1.82) is 0 Å². The number of hydrogen-bond donors (Lipinski definition) is 3. The first kappa shape index (κ1) is 25.8. The number of carbonyl (C=O) groups is 3. The Kier molecular flexibility index (Phi) is 8.45. The van der Waals surface area contributed by atoms with Gasteiger partial charge in [0.2, 0.25) is 11.8 Å². The predicted octanol–water partition coefficient (Wildman–Crippen LogP) is 5.15. The highest BCUT2D eigenvalue weighted by atomic mass is 19.1. The average Bonchev–Trinajstić information content (AvgIpc) is 3.16. The topological polar surface area (TPSA) is 109 Å². The summed E-state index contributed by atoms with van der Waals surface area (Å²) in [6.45, 7) is 0. The van der Waals surface area contributed by atoms with Gasteiger partial charge in [-0.1, -0.05) is 25.3 Å². The van der Waals surface area contributed by atoms with Crippen LogP contribution in [0.2, 0.25) is 0 Å². The summed E-state index contributed by atoms with van der Waals surface area (Å²) in [4.78, 5) is 42.3. The highest BCUT2D eigenvalue weighted by Crippen LogP contribution is 2.32. The fourth-order valence-electron chi connectivity index (χ4n) is 4.44. The fourth-order valence-corrected chi connectivity index (χ4v) is 4.44. The van der Waals surface area contributed by atoms with Crippen LogP contribution in [0.3, 0.4) is 0 Å². The molecule has 8 nitrogen and oxygen atoms in total. The van der Waals surface area contributed by atoms with Gasteiger partial charge in [0.25, 0.3) is 5.91 Å². The summed E-state index contributed by atoms with van der Waals surface area (Å²) >= 11 is 0. The third kappa shape index (κ3) is 6.91. The van der Waals surface area contributed by atoms with Crippen LogP contribution in [0.5, 0.6) is 11.5 Å². The van der Waals surface area contributed by atoms with Gasteiger partial charge in [-0.3, -0.25) is 19.4 Å². The minimum absolute atomic E-state index is 0.225. The van der Waals surface area contributed by atoms with Gasteiger partial charge < -0.3 is 20.7 Å². The molecular weight excluding hydrogens is 475 g/mol. The molecule has 1 aliphatic carbocycles. The molecule has 2 unspecified atom stereocenters. The number of carbonyl (C=O) groups excluding carboxylic acids is 3. The zero-order chi connectivity index (χ0) is 26.2. The summed E-state index contributed by atoms with van der Waals surface area (Å²) in [5, 5.41) is 8.28. The average molecular weight is 505 g/mol. The number of aromatic nitrogens is 1. The van der Waals surface area contributed by atoms with Crippen molar-refractivity contribution in [2.24, 2.45) is 11.8 Å². The van der Waals surface area contributed by atoms with Gasteiger partial charge in [-0.05, 0) is 55.3 Å². The number of rotatable bonds is 7. The Morgan fingerprint density at radius 2 is 1.49 bits per heavy atom. The van der Waals surface area contributed by atoms with Crippen molar-refractivity contribution < 1.29 is 23.5 Å². The van der Waals surface area contributed by atoms with Crippen LogP contribution in [0, 0.1) is 17.7 Å². The number of halogens is 1. The second kappa shape index (κ2) is 12.1. The minimum atomic E-state index is -0.497. The van der Waals surface area contributed by atoms with Crippen LogP contribution in [0.4, 0.5) is 15.8 Å². The van der Waals surface area contributed by atoms with Crippen molar-refractivity contribution in [1.82, 2.24) is 10.3 Å². The van der Waals surface area contributed by atoms with Crippen LogP contribution in [0.25, 0.3) is 0 Å². The Hall–Kier alpha value is -4.27. The van der Waals surface area contributed by atoms with Gasteiger partial charge in [0.05, 0.1) is 0 Å². The molecule has 0 bridgehead atoms. The Balaban J connectivity index is 1.45.